The summed E-state index contributed by atoms with van der Waals surface area (Å²) in [4.78, 5) is 12.4. The number of ether oxygens (including phenoxy) is 2. The molecule has 5 nitrogen and oxygen atoms in total. The second kappa shape index (κ2) is 8.68. The fourth-order valence-electron chi connectivity index (χ4n) is 2.38. The lowest BCUT2D eigenvalue weighted by Crippen LogP contribution is -2.45. The van der Waals surface area contributed by atoms with E-state index in [9.17, 15) is 4.79 Å². The van der Waals surface area contributed by atoms with Crippen LogP contribution in [0.25, 0.3) is 0 Å². The minimum absolute atomic E-state index is 0.138. The SMILES string of the molecule is COCC(N)C(=O)NC(c1cccc(OC)c1)c1ccccc1Cl. The van der Waals surface area contributed by atoms with Gasteiger partial charge in [0, 0.05) is 12.1 Å². The van der Waals surface area contributed by atoms with E-state index in [0.29, 0.717) is 10.8 Å². The lowest BCUT2D eigenvalue weighted by Gasteiger charge is -2.23. The van der Waals surface area contributed by atoms with Crippen LogP contribution in [0.2, 0.25) is 5.02 Å². The van der Waals surface area contributed by atoms with Crippen molar-refractivity contribution < 1.29 is 14.3 Å². The molecule has 2 rings (SSSR count). The van der Waals surface area contributed by atoms with Gasteiger partial charge < -0.3 is 20.5 Å². The summed E-state index contributed by atoms with van der Waals surface area (Å²) in [5, 5.41) is 3.50. The number of carbonyl (C=O) groups excluding carboxylic acids is 1. The van der Waals surface area contributed by atoms with Gasteiger partial charge in [0.2, 0.25) is 5.91 Å². The number of rotatable bonds is 7. The zero-order valence-corrected chi connectivity index (χ0v) is 14.4. The molecule has 2 aromatic rings. The predicted octanol–water partition coefficient (Wildman–Crippen LogP) is 2.53. The first-order chi connectivity index (χ1) is 11.6. The van der Waals surface area contributed by atoms with Gasteiger partial charge in [0.05, 0.1) is 19.8 Å². The van der Waals surface area contributed by atoms with Gasteiger partial charge in [0.15, 0.2) is 0 Å². The number of halogens is 1. The molecule has 0 saturated heterocycles. The summed E-state index contributed by atoms with van der Waals surface area (Å²) >= 11 is 6.33. The number of nitrogens with two attached hydrogens (primary N) is 1. The van der Waals surface area contributed by atoms with E-state index in [-0.39, 0.29) is 12.5 Å². The zero-order chi connectivity index (χ0) is 17.5. The molecule has 0 saturated carbocycles. The van der Waals surface area contributed by atoms with Crippen molar-refractivity contribution in [3.63, 3.8) is 0 Å². The Labute approximate surface area is 146 Å². The monoisotopic (exact) mass is 348 g/mol. The number of amides is 1. The van der Waals surface area contributed by atoms with Gasteiger partial charge in [-0.15, -0.1) is 0 Å². The fraction of sp³-hybridized carbons (Fsp3) is 0.278. The Morgan fingerprint density at radius 3 is 2.62 bits per heavy atom. The molecule has 24 heavy (non-hydrogen) atoms. The molecule has 0 radical (unpaired) electrons. The predicted molar refractivity (Wildman–Crippen MR) is 94.3 cm³/mol. The first-order valence-corrected chi connectivity index (χ1v) is 7.88. The zero-order valence-electron chi connectivity index (χ0n) is 13.7. The van der Waals surface area contributed by atoms with E-state index in [1.54, 1.807) is 13.2 Å². The molecule has 0 spiro atoms. The van der Waals surface area contributed by atoms with Crippen LogP contribution in [-0.4, -0.2) is 32.8 Å². The summed E-state index contributed by atoms with van der Waals surface area (Å²) in [7, 11) is 3.09. The van der Waals surface area contributed by atoms with Crippen LogP contribution >= 0.6 is 11.6 Å². The van der Waals surface area contributed by atoms with Crippen molar-refractivity contribution >= 4 is 17.5 Å². The van der Waals surface area contributed by atoms with E-state index in [1.165, 1.54) is 7.11 Å². The van der Waals surface area contributed by atoms with Crippen LogP contribution in [0.5, 0.6) is 5.75 Å². The maximum Gasteiger partial charge on any atom is 0.240 e. The molecule has 1 amide bonds. The average molecular weight is 349 g/mol. The molecule has 2 atom stereocenters. The van der Waals surface area contributed by atoms with Crippen LogP contribution in [-0.2, 0) is 9.53 Å². The first-order valence-electron chi connectivity index (χ1n) is 7.50. The Morgan fingerprint density at radius 1 is 1.21 bits per heavy atom. The largest absolute Gasteiger partial charge is 0.497 e. The first kappa shape index (κ1) is 18.3. The molecule has 2 unspecified atom stereocenters. The van der Waals surface area contributed by atoms with Crippen molar-refractivity contribution in [1.29, 1.82) is 0 Å². The average Bonchev–Trinajstić information content (AvgIpc) is 2.60. The van der Waals surface area contributed by atoms with Gasteiger partial charge in [0.25, 0.3) is 0 Å². The number of methoxy groups -OCH3 is 2. The van der Waals surface area contributed by atoms with E-state index in [4.69, 9.17) is 26.8 Å². The highest BCUT2D eigenvalue weighted by molar-refractivity contribution is 6.31. The van der Waals surface area contributed by atoms with E-state index in [2.05, 4.69) is 5.32 Å². The molecule has 6 heteroatoms. The van der Waals surface area contributed by atoms with Crippen LogP contribution < -0.4 is 15.8 Å². The molecule has 2 aromatic carbocycles. The third-order valence-corrected chi connectivity index (χ3v) is 3.96. The normalized spacial score (nSPS) is 13.2. The smallest absolute Gasteiger partial charge is 0.240 e. The lowest BCUT2D eigenvalue weighted by atomic mass is 9.98. The van der Waals surface area contributed by atoms with Crippen molar-refractivity contribution in [3.05, 3.63) is 64.7 Å². The van der Waals surface area contributed by atoms with Gasteiger partial charge in [-0.3, -0.25) is 4.79 Å². The van der Waals surface area contributed by atoms with Crippen LogP contribution in [0.15, 0.2) is 48.5 Å². The third-order valence-electron chi connectivity index (χ3n) is 3.61. The summed E-state index contributed by atoms with van der Waals surface area (Å²) in [6, 6.07) is 13.6. The van der Waals surface area contributed by atoms with E-state index in [0.717, 1.165) is 11.1 Å². The molecule has 0 heterocycles. The summed E-state index contributed by atoms with van der Waals surface area (Å²) < 4.78 is 10.2. The van der Waals surface area contributed by atoms with Gasteiger partial charge in [-0.2, -0.15) is 0 Å². The van der Waals surface area contributed by atoms with Crippen molar-refractivity contribution in [1.82, 2.24) is 5.32 Å². The quantitative estimate of drug-likeness (QED) is 0.806. The molecule has 0 aliphatic heterocycles. The molecule has 128 valence electrons. The van der Waals surface area contributed by atoms with E-state index in [1.807, 2.05) is 42.5 Å². The third kappa shape index (κ3) is 4.47. The van der Waals surface area contributed by atoms with Crippen molar-refractivity contribution in [2.75, 3.05) is 20.8 Å². The van der Waals surface area contributed by atoms with Crippen LogP contribution in [0, 0.1) is 0 Å². The number of nitrogens with one attached hydrogen (secondary N) is 1. The highest BCUT2D eigenvalue weighted by Crippen LogP contribution is 2.30. The maximum absolute atomic E-state index is 12.4. The van der Waals surface area contributed by atoms with Crippen molar-refractivity contribution in [2.45, 2.75) is 12.1 Å². The van der Waals surface area contributed by atoms with Crippen LogP contribution in [0.3, 0.4) is 0 Å². The maximum atomic E-state index is 12.4. The second-order valence-corrected chi connectivity index (χ2v) is 5.71. The summed E-state index contributed by atoms with van der Waals surface area (Å²) in [5.41, 5.74) is 7.46. The summed E-state index contributed by atoms with van der Waals surface area (Å²) in [6.07, 6.45) is 0. The van der Waals surface area contributed by atoms with Crippen LogP contribution in [0.1, 0.15) is 17.2 Å². The Kier molecular flexibility index (Phi) is 6.61. The Morgan fingerprint density at radius 2 is 1.96 bits per heavy atom. The highest BCUT2D eigenvalue weighted by atomic mass is 35.5. The fourth-order valence-corrected chi connectivity index (χ4v) is 2.62. The molecular weight excluding hydrogens is 328 g/mol. The number of carbonyl (C=O) groups is 1. The lowest BCUT2D eigenvalue weighted by molar-refractivity contribution is -0.123. The molecular formula is C18H21ClN2O3. The molecule has 3 N–H and O–H groups in total. The van der Waals surface area contributed by atoms with Crippen molar-refractivity contribution in [2.24, 2.45) is 5.73 Å². The molecule has 0 fully saturated rings. The topological polar surface area (TPSA) is 73.6 Å². The van der Waals surface area contributed by atoms with Gasteiger partial charge >= 0.3 is 0 Å². The Bertz CT molecular complexity index is 693. The Balaban J connectivity index is 2.38. The highest BCUT2D eigenvalue weighted by Gasteiger charge is 2.22. The number of hydrogen-bond donors (Lipinski definition) is 2. The molecule has 0 aromatic heterocycles. The second-order valence-electron chi connectivity index (χ2n) is 5.30. The minimum Gasteiger partial charge on any atom is -0.497 e. The standard InChI is InChI=1S/C18H21ClN2O3/c1-23-11-16(20)18(22)21-17(14-8-3-4-9-15(14)19)12-6-5-7-13(10-12)24-2/h3-10,16-17H,11,20H2,1-2H3,(H,21,22). The number of hydrogen-bond acceptors (Lipinski definition) is 4. The van der Waals surface area contributed by atoms with Gasteiger partial charge in [-0.25, -0.2) is 0 Å². The van der Waals surface area contributed by atoms with Crippen molar-refractivity contribution in [3.8, 4) is 5.75 Å². The van der Waals surface area contributed by atoms with E-state index >= 15 is 0 Å². The minimum atomic E-state index is -0.759. The summed E-state index contributed by atoms with van der Waals surface area (Å²) in [5.74, 6) is 0.379. The van der Waals surface area contributed by atoms with Crippen LogP contribution in [0.4, 0.5) is 0 Å². The van der Waals surface area contributed by atoms with Gasteiger partial charge in [0.1, 0.15) is 11.8 Å². The van der Waals surface area contributed by atoms with Gasteiger partial charge in [-0.1, -0.05) is 41.9 Å². The molecule has 0 bridgehead atoms. The Hall–Kier alpha value is -2.08. The molecule has 0 aliphatic carbocycles. The molecule has 0 aliphatic rings. The van der Waals surface area contributed by atoms with E-state index < -0.39 is 12.1 Å². The summed E-state index contributed by atoms with van der Waals surface area (Å²) in [6.45, 7) is 0.138. The number of benzene rings is 2. The van der Waals surface area contributed by atoms with Gasteiger partial charge in [-0.05, 0) is 29.3 Å².